The van der Waals surface area contributed by atoms with Gasteiger partial charge in [0.1, 0.15) is 5.75 Å². The van der Waals surface area contributed by atoms with Gasteiger partial charge in [-0.3, -0.25) is 4.99 Å². The maximum atomic E-state index is 5.07. The lowest BCUT2D eigenvalue weighted by atomic mass is 10.1. The van der Waals surface area contributed by atoms with Crippen LogP contribution in [0.25, 0.3) is 0 Å². The van der Waals surface area contributed by atoms with E-state index in [0.29, 0.717) is 0 Å². The number of methoxy groups -OCH3 is 1. The molecule has 2 heteroatoms. The fourth-order valence-corrected chi connectivity index (χ4v) is 1.29. The van der Waals surface area contributed by atoms with E-state index >= 15 is 0 Å². The minimum atomic E-state index is 0.849. The molecule has 0 N–H and O–H groups in total. The predicted octanol–water partition coefficient (Wildman–Crippen LogP) is 2.80. The molecule has 0 atom stereocenters. The minimum absolute atomic E-state index is 0.849. The molecule has 0 bridgehead atoms. The molecule has 1 fully saturated rings. The molecule has 2 rings (SSSR count). The van der Waals surface area contributed by atoms with Crippen molar-refractivity contribution in [2.45, 2.75) is 0 Å². The molecule has 0 aromatic heterocycles. The average Bonchev–Trinajstić information content (AvgIpc) is 2.80. The first-order valence-corrected chi connectivity index (χ1v) is 4.78. The molecule has 5 radical (unpaired) electrons. The Bertz CT molecular complexity index is 323. The lowest BCUT2D eigenvalue weighted by Gasteiger charge is -2.00. The molecule has 1 aliphatic carbocycles. The molecular formula is C13H12NO. The molecule has 0 spiro atoms. The van der Waals surface area contributed by atoms with Gasteiger partial charge in [0.15, 0.2) is 0 Å². The molecule has 2 nitrogen and oxygen atoms in total. The summed E-state index contributed by atoms with van der Waals surface area (Å²) < 4.78 is 5.07. The van der Waals surface area contributed by atoms with Crippen molar-refractivity contribution in [3.63, 3.8) is 0 Å². The molecule has 0 saturated heterocycles. The Labute approximate surface area is 91.0 Å². The summed E-state index contributed by atoms with van der Waals surface area (Å²) in [5, 5.41) is 0. The van der Waals surface area contributed by atoms with Gasteiger partial charge >= 0.3 is 0 Å². The summed E-state index contributed by atoms with van der Waals surface area (Å²) in [5.41, 5.74) is 0.928. The van der Waals surface area contributed by atoms with Crippen molar-refractivity contribution in [1.29, 1.82) is 0 Å². The van der Waals surface area contributed by atoms with Crippen LogP contribution in [0.3, 0.4) is 0 Å². The zero-order valence-electron chi connectivity index (χ0n) is 8.55. The second-order valence-corrected chi connectivity index (χ2v) is 3.17. The highest BCUT2D eigenvalue weighted by atomic mass is 16.5. The van der Waals surface area contributed by atoms with Gasteiger partial charge in [0.2, 0.25) is 0 Å². The molecule has 1 saturated carbocycles. The van der Waals surface area contributed by atoms with Crippen LogP contribution in [-0.4, -0.2) is 13.3 Å². The van der Waals surface area contributed by atoms with Crippen LogP contribution in [0, 0.1) is 31.6 Å². The molecule has 15 heavy (non-hydrogen) atoms. The van der Waals surface area contributed by atoms with Gasteiger partial charge in [-0.2, -0.15) is 0 Å². The maximum absolute atomic E-state index is 5.07. The first-order valence-electron chi connectivity index (χ1n) is 4.78. The van der Waals surface area contributed by atoms with E-state index in [4.69, 9.17) is 4.74 Å². The van der Waals surface area contributed by atoms with Crippen molar-refractivity contribution in [3.8, 4) is 5.75 Å². The van der Waals surface area contributed by atoms with E-state index in [2.05, 4.69) is 4.99 Å². The van der Waals surface area contributed by atoms with Gasteiger partial charge in [0.25, 0.3) is 0 Å². The number of rotatable bonds is 3. The normalized spacial score (nSPS) is 17.4. The summed E-state index contributed by atoms with van der Waals surface area (Å²) in [6, 6.07) is 7.66. The second-order valence-electron chi connectivity index (χ2n) is 3.17. The van der Waals surface area contributed by atoms with Gasteiger partial charge in [0, 0.05) is 12.1 Å². The molecule has 0 aliphatic heterocycles. The van der Waals surface area contributed by atoms with Gasteiger partial charge in [-0.15, -0.1) is 0 Å². The zero-order chi connectivity index (χ0) is 10.5. The third-order valence-corrected chi connectivity index (χ3v) is 2.12. The Kier molecular flexibility index (Phi) is 3.38. The summed E-state index contributed by atoms with van der Waals surface area (Å²) in [7, 11) is 1.66. The van der Waals surface area contributed by atoms with Crippen molar-refractivity contribution < 1.29 is 4.74 Å². The van der Waals surface area contributed by atoms with E-state index in [-0.39, 0.29) is 0 Å². The summed E-state index contributed by atoms with van der Waals surface area (Å²) >= 11 is 0. The van der Waals surface area contributed by atoms with Crippen LogP contribution >= 0.6 is 0 Å². The summed E-state index contributed by atoms with van der Waals surface area (Å²) in [4.78, 5) is 4.34. The first-order chi connectivity index (χ1) is 7.38. The van der Waals surface area contributed by atoms with Crippen molar-refractivity contribution in [1.82, 2.24) is 0 Å². The number of nitrogens with zero attached hydrogens (tertiary/aromatic N) is 1. The first kappa shape index (κ1) is 10.2. The van der Waals surface area contributed by atoms with Crippen molar-refractivity contribution in [2.24, 2.45) is 4.99 Å². The fraction of sp³-hybridized carbons (Fsp3) is 0.0769. The van der Waals surface area contributed by atoms with E-state index in [9.17, 15) is 0 Å². The third-order valence-electron chi connectivity index (χ3n) is 2.12. The largest absolute Gasteiger partial charge is 0.497 e. The van der Waals surface area contributed by atoms with Crippen LogP contribution in [0.4, 0.5) is 5.69 Å². The molecule has 1 aromatic rings. The van der Waals surface area contributed by atoms with Crippen molar-refractivity contribution in [2.75, 3.05) is 7.11 Å². The number of hydrogen-bond donors (Lipinski definition) is 0. The minimum Gasteiger partial charge on any atom is -0.497 e. The summed E-state index contributed by atoms with van der Waals surface area (Å²) in [6.45, 7) is 0. The summed E-state index contributed by atoms with van der Waals surface area (Å²) in [5.74, 6) is 1.97. The zero-order valence-corrected chi connectivity index (χ0v) is 8.55. The molecular weight excluding hydrogens is 186 g/mol. The maximum Gasteiger partial charge on any atom is 0.119 e. The van der Waals surface area contributed by atoms with Gasteiger partial charge in [-0.1, -0.05) is 0 Å². The van der Waals surface area contributed by atoms with E-state index in [1.54, 1.807) is 7.11 Å². The Balaban J connectivity index is 1.97. The predicted molar refractivity (Wildman–Crippen MR) is 61.6 cm³/mol. The molecule has 1 aromatic carbocycles. The lowest BCUT2D eigenvalue weighted by Crippen LogP contribution is -1.91. The lowest BCUT2D eigenvalue weighted by molar-refractivity contribution is 0.415. The van der Waals surface area contributed by atoms with E-state index in [1.165, 1.54) is 0 Å². The monoisotopic (exact) mass is 198 g/mol. The third kappa shape index (κ3) is 2.82. The van der Waals surface area contributed by atoms with Crippen LogP contribution in [0.5, 0.6) is 5.75 Å². The van der Waals surface area contributed by atoms with Crippen LogP contribution < -0.4 is 4.74 Å². The van der Waals surface area contributed by atoms with Crippen molar-refractivity contribution >= 4 is 11.9 Å². The Hall–Kier alpha value is -1.31. The molecule has 0 heterocycles. The van der Waals surface area contributed by atoms with Crippen LogP contribution in [-0.2, 0) is 0 Å². The molecule has 0 amide bonds. The summed E-state index contributed by atoms with van der Waals surface area (Å²) in [6.07, 6.45) is 9.88. The Morgan fingerprint density at radius 1 is 1.07 bits per heavy atom. The van der Waals surface area contributed by atoms with Gasteiger partial charge in [-0.25, -0.2) is 0 Å². The van der Waals surface area contributed by atoms with Crippen LogP contribution in [0.1, 0.15) is 0 Å². The highest BCUT2D eigenvalue weighted by Crippen LogP contribution is 2.23. The smallest absolute Gasteiger partial charge is 0.119 e. The fourth-order valence-electron chi connectivity index (χ4n) is 1.29. The number of aliphatic imine (C=N–C) groups is 1. The number of benzene rings is 1. The highest BCUT2D eigenvalue weighted by molar-refractivity contribution is 5.84. The standard InChI is InChI=1S/C13H12NO/c1-15-13-8-6-12(7-9-13)14-10-11-4-2-3-5-11/h2-10H,1H3. The van der Waals surface area contributed by atoms with Crippen LogP contribution in [0.15, 0.2) is 29.3 Å². The average molecular weight is 198 g/mol. The van der Waals surface area contributed by atoms with E-state index in [0.717, 1.165) is 17.4 Å². The molecule has 75 valence electrons. The quantitative estimate of drug-likeness (QED) is 0.684. The van der Waals surface area contributed by atoms with Gasteiger partial charge in [-0.05, 0) is 49.9 Å². The molecule has 0 unspecified atom stereocenters. The van der Waals surface area contributed by atoms with Gasteiger partial charge < -0.3 is 4.74 Å². The topological polar surface area (TPSA) is 21.6 Å². The van der Waals surface area contributed by atoms with E-state index < -0.39 is 0 Å². The SMILES string of the molecule is COc1ccc(N=C[C]2[CH][CH][CH][CH]2)cc1. The highest BCUT2D eigenvalue weighted by Gasteiger charge is 2.13. The van der Waals surface area contributed by atoms with Crippen molar-refractivity contribution in [3.05, 3.63) is 55.9 Å². The van der Waals surface area contributed by atoms with Gasteiger partial charge in [0.05, 0.1) is 12.8 Å². The van der Waals surface area contributed by atoms with Crippen LogP contribution in [0.2, 0.25) is 0 Å². The number of hydrogen-bond acceptors (Lipinski definition) is 2. The Morgan fingerprint density at radius 2 is 1.73 bits per heavy atom. The van der Waals surface area contributed by atoms with E-state index in [1.807, 2.05) is 56.2 Å². The number of ether oxygens (including phenoxy) is 1. The molecule has 1 aliphatic rings. The Morgan fingerprint density at radius 3 is 2.33 bits per heavy atom. The second kappa shape index (κ2) is 4.96.